The van der Waals surface area contributed by atoms with Crippen LogP contribution < -0.4 is 0 Å². The van der Waals surface area contributed by atoms with Gasteiger partial charge < -0.3 is 4.74 Å². The number of hydrogen-bond acceptors (Lipinski definition) is 4. The van der Waals surface area contributed by atoms with Gasteiger partial charge in [-0.25, -0.2) is 8.42 Å². The zero-order chi connectivity index (χ0) is 15.7. The minimum atomic E-state index is -3.76. The molecule has 1 fully saturated rings. The highest BCUT2D eigenvalue weighted by molar-refractivity contribution is 7.93. The van der Waals surface area contributed by atoms with Crippen molar-refractivity contribution in [3.05, 3.63) is 42.5 Å². The second-order valence-electron chi connectivity index (χ2n) is 5.62. The van der Waals surface area contributed by atoms with Crippen LogP contribution in [-0.4, -0.2) is 26.2 Å². The quantitative estimate of drug-likeness (QED) is 0.794. The SMILES string of the molecule is CCC[C@H]1COC(=O)C1S(=O)(=O)c1cccc2ccccc12.S. The third-order valence-electron chi connectivity index (χ3n) is 4.15. The lowest BCUT2D eigenvalue weighted by Crippen LogP contribution is -2.32. The Kier molecular flexibility index (Phi) is 5.37. The van der Waals surface area contributed by atoms with Crippen molar-refractivity contribution in [1.29, 1.82) is 0 Å². The number of esters is 1. The van der Waals surface area contributed by atoms with Gasteiger partial charge in [-0.1, -0.05) is 49.7 Å². The lowest BCUT2D eigenvalue weighted by Gasteiger charge is -2.16. The highest BCUT2D eigenvalue weighted by Gasteiger charge is 2.46. The molecule has 0 aromatic heterocycles. The Balaban J connectivity index is 0.00000192. The summed E-state index contributed by atoms with van der Waals surface area (Å²) in [5.74, 6) is -0.882. The second kappa shape index (κ2) is 6.93. The van der Waals surface area contributed by atoms with Gasteiger partial charge in [-0.15, -0.1) is 0 Å². The molecule has 2 aromatic rings. The van der Waals surface area contributed by atoms with Gasteiger partial charge in [-0.3, -0.25) is 4.79 Å². The molecule has 0 amide bonds. The molecule has 4 nitrogen and oxygen atoms in total. The second-order valence-corrected chi connectivity index (χ2v) is 7.66. The maximum Gasteiger partial charge on any atom is 0.325 e. The van der Waals surface area contributed by atoms with E-state index in [9.17, 15) is 13.2 Å². The number of carbonyl (C=O) groups excluding carboxylic acids is 1. The molecule has 2 atom stereocenters. The first-order valence-corrected chi connectivity index (χ1v) is 8.98. The third-order valence-corrected chi connectivity index (χ3v) is 6.37. The minimum Gasteiger partial charge on any atom is -0.464 e. The molecule has 0 spiro atoms. The Bertz CT molecular complexity index is 809. The third kappa shape index (κ3) is 3.10. The molecular formula is C17H20O4S2. The first-order chi connectivity index (χ1) is 10.6. The van der Waals surface area contributed by atoms with Gasteiger partial charge in [0.15, 0.2) is 15.1 Å². The fourth-order valence-corrected chi connectivity index (χ4v) is 5.19. The number of fused-ring (bicyclic) bond motifs is 1. The molecule has 2 aromatic carbocycles. The molecule has 6 heteroatoms. The highest BCUT2D eigenvalue weighted by Crippen LogP contribution is 2.33. The van der Waals surface area contributed by atoms with E-state index in [1.807, 2.05) is 25.1 Å². The standard InChI is InChI=1S/C17H18O4S.H2S/c1-2-6-13-11-21-17(18)16(13)22(19,20)15-10-5-8-12-7-3-4-9-14(12)15;/h3-5,7-10,13,16H,2,6,11H2,1H3;1H2/t13-,16?;/m0./s1. The molecule has 1 saturated heterocycles. The fraction of sp³-hybridized carbons (Fsp3) is 0.353. The first kappa shape index (κ1) is 17.8. The highest BCUT2D eigenvalue weighted by atomic mass is 32.2. The molecule has 3 rings (SSSR count). The summed E-state index contributed by atoms with van der Waals surface area (Å²) in [4.78, 5) is 12.2. The smallest absolute Gasteiger partial charge is 0.325 e. The molecule has 23 heavy (non-hydrogen) atoms. The van der Waals surface area contributed by atoms with E-state index in [2.05, 4.69) is 0 Å². The predicted octanol–water partition coefficient (Wildman–Crippen LogP) is 3.07. The molecule has 1 heterocycles. The number of cyclic esters (lactones) is 1. The zero-order valence-corrected chi connectivity index (χ0v) is 14.7. The molecular weight excluding hydrogens is 332 g/mol. The number of rotatable bonds is 4. The van der Waals surface area contributed by atoms with Crippen molar-refractivity contribution in [2.75, 3.05) is 6.61 Å². The van der Waals surface area contributed by atoms with Gasteiger partial charge in [-0.2, -0.15) is 13.5 Å². The molecule has 124 valence electrons. The zero-order valence-electron chi connectivity index (χ0n) is 12.9. The summed E-state index contributed by atoms with van der Waals surface area (Å²) in [5, 5.41) is 0.417. The van der Waals surface area contributed by atoms with Crippen molar-refractivity contribution in [3.63, 3.8) is 0 Å². The number of benzene rings is 2. The van der Waals surface area contributed by atoms with Crippen LogP contribution in [0, 0.1) is 5.92 Å². The largest absolute Gasteiger partial charge is 0.464 e. The molecule has 0 aliphatic carbocycles. The lowest BCUT2D eigenvalue weighted by atomic mass is 10.0. The summed E-state index contributed by atoms with van der Waals surface area (Å²) >= 11 is 0. The Morgan fingerprint density at radius 2 is 1.83 bits per heavy atom. The van der Waals surface area contributed by atoms with Crippen LogP contribution in [-0.2, 0) is 19.4 Å². The lowest BCUT2D eigenvalue weighted by molar-refractivity contribution is -0.137. The van der Waals surface area contributed by atoms with E-state index in [4.69, 9.17) is 4.74 Å². The predicted molar refractivity (Wildman–Crippen MR) is 94.7 cm³/mol. The van der Waals surface area contributed by atoms with E-state index in [1.54, 1.807) is 24.3 Å². The number of carbonyl (C=O) groups is 1. The van der Waals surface area contributed by atoms with Crippen LogP contribution in [0.15, 0.2) is 47.4 Å². The van der Waals surface area contributed by atoms with Crippen LogP contribution in [0.5, 0.6) is 0 Å². The van der Waals surface area contributed by atoms with Crippen molar-refractivity contribution in [2.45, 2.75) is 29.9 Å². The van der Waals surface area contributed by atoms with E-state index >= 15 is 0 Å². The maximum absolute atomic E-state index is 13.0. The van der Waals surface area contributed by atoms with E-state index in [1.165, 1.54) is 0 Å². The molecule has 1 unspecified atom stereocenters. The van der Waals surface area contributed by atoms with Crippen molar-refractivity contribution >= 4 is 40.1 Å². The number of sulfone groups is 1. The summed E-state index contributed by atoms with van der Waals surface area (Å²) in [6, 6.07) is 12.5. The van der Waals surface area contributed by atoms with Crippen LogP contribution in [0.1, 0.15) is 19.8 Å². The Morgan fingerprint density at radius 1 is 1.13 bits per heavy atom. The summed E-state index contributed by atoms with van der Waals surface area (Å²) in [7, 11) is -3.76. The van der Waals surface area contributed by atoms with Gasteiger partial charge in [0.1, 0.15) is 0 Å². The normalized spacial score (nSPS) is 21.0. The molecule has 0 bridgehead atoms. The summed E-state index contributed by atoms with van der Waals surface area (Å²) in [6.45, 7) is 2.17. The van der Waals surface area contributed by atoms with Gasteiger partial charge in [0.25, 0.3) is 0 Å². The molecule has 0 saturated carbocycles. The van der Waals surface area contributed by atoms with E-state index in [-0.39, 0.29) is 30.9 Å². The van der Waals surface area contributed by atoms with Crippen LogP contribution in [0.3, 0.4) is 0 Å². The van der Waals surface area contributed by atoms with E-state index < -0.39 is 21.1 Å². The maximum atomic E-state index is 13.0. The topological polar surface area (TPSA) is 60.4 Å². The van der Waals surface area contributed by atoms with Gasteiger partial charge in [-0.05, 0) is 17.9 Å². The van der Waals surface area contributed by atoms with Gasteiger partial charge in [0, 0.05) is 11.3 Å². The van der Waals surface area contributed by atoms with Crippen LogP contribution in [0.2, 0.25) is 0 Å². The average molecular weight is 352 g/mol. The molecule has 1 aliphatic heterocycles. The Morgan fingerprint density at radius 3 is 2.57 bits per heavy atom. The monoisotopic (exact) mass is 352 g/mol. The van der Waals surface area contributed by atoms with Crippen molar-refractivity contribution in [1.82, 2.24) is 0 Å². The Labute approximate surface area is 143 Å². The minimum absolute atomic E-state index is 0. The molecule has 0 radical (unpaired) electrons. The van der Waals surface area contributed by atoms with Crippen LogP contribution in [0.25, 0.3) is 10.8 Å². The fourth-order valence-electron chi connectivity index (χ4n) is 3.12. The van der Waals surface area contributed by atoms with E-state index in [0.717, 1.165) is 11.8 Å². The number of ether oxygens (including phenoxy) is 1. The summed E-state index contributed by atoms with van der Waals surface area (Å²) < 4.78 is 31.1. The average Bonchev–Trinajstić information content (AvgIpc) is 2.88. The molecule has 1 aliphatic rings. The van der Waals surface area contributed by atoms with Crippen molar-refractivity contribution in [2.24, 2.45) is 5.92 Å². The number of hydrogen-bond donors (Lipinski definition) is 0. The van der Waals surface area contributed by atoms with Crippen molar-refractivity contribution < 1.29 is 17.9 Å². The van der Waals surface area contributed by atoms with Crippen LogP contribution in [0.4, 0.5) is 0 Å². The molecule has 0 N–H and O–H groups in total. The summed E-state index contributed by atoms with van der Waals surface area (Å²) in [5.41, 5.74) is 0. The van der Waals surface area contributed by atoms with E-state index in [0.29, 0.717) is 11.8 Å². The van der Waals surface area contributed by atoms with Crippen molar-refractivity contribution in [3.8, 4) is 0 Å². The first-order valence-electron chi connectivity index (χ1n) is 7.44. The summed E-state index contributed by atoms with van der Waals surface area (Å²) in [6.07, 6.45) is 1.49. The Hall–Kier alpha value is -1.53. The van der Waals surface area contributed by atoms with Crippen LogP contribution >= 0.6 is 13.5 Å². The van der Waals surface area contributed by atoms with Gasteiger partial charge in [0.05, 0.1) is 11.5 Å². The van der Waals surface area contributed by atoms with Gasteiger partial charge >= 0.3 is 5.97 Å². The van der Waals surface area contributed by atoms with Gasteiger partial charge in [0.2, 0.25) is 0 Å².